The van der Waals surface area contributed by atoms with E-state index in [1.54, 1.807) is 32.4 Å². The van der Waals surface area contributed by atoms with Crippen LogP contribution in [-0.2, 0) is 11.2 Å². The minimum Gasteiger partial charge on any atom is -0.493 e. The molecule has 11 heteroatoms. The monoisotopic (exact) mass is 540 g/mol. The van der Waals surface area contributed by atoms with Gasteiger partial charge >= 0.3 is 0 Å². The average Bonchev–Trinajstić information content (AvgIpc) is 2.93. The molecule has 9 nitrogen and oxygen atoms in total. The SMILES string of the molecule is COc1ccc(CCNC(=O)COc2cc3c(Nc4ccc(F)c(Cl)c4)ncnc3cc2OC)cc1OC. The van der Waals surface area contributed by atoms with Gasteiger partial charge in [-0.2, -0.15) is 0 Å². The van der Waals surface area contributed by atoms with E-state index in [-0.39, 0.29) is 17.5 Å². The lowest BCUT2D eigenvalue weighted by molar-refractivity contribution is -0.123. The Morgan fingerprint density at radius 3 is 2.42 bits per heavy atom. The molecule has 0 saturated heterocycles. The van der Waals surface area contributed by atoms with Crippen LogP contribution in [0.3, 0.4) is 0 Å². The number of benzene rings is 3. The highest BCUT2D eigenvalue weighted by Crippen LogP contribution is 2.35. The molecular formula is C27H26ClFN4O5. The van der Waals surface area contributed by atoms with Gasteiger partial charge in [-0.05, 0) is 48.4 Å². The van der Waals surface area contributed by atoms with Gasteiger partial charge < -0.3 is 29.6 Å². The fourth-order valence-electron chi connectivity index (χ4n) is 3.72. The Bertz CT molecular complexity index is 1450. The number of ether oxygens (including phenoxy) is 4. The zero-order valence-corrected chi connectivity index (χ0v) is 21.8. The summed E-state index contributed by atoms with van der Waals surface area (Å²) < 4.78 is 35.3. The smallest absolute Gasteiger partial charge is 0.257 e. The summed E-state index contributed by atoms with van der Waals surface area (Å²) in [5.74, 6) is 1.65. The van der Waals surface area contributed by atoms with Crippen LogP contribution in [0.5, 0.6) is 23.0 Å². The van der Waals surface area contributed by atoms with Crippen LogP contribution in [0.25, 0.3) is 10.9 Å². The minimum absolute atomic E-state index is 0.0174. The van der Waals surface area contributed by atoms with Crippen LogP contribution in [0.4, 0.5) is 15.9 Å². The van der Waals surface area contributed by atoms with Crippen molar-refractivity contribution in [3.05, 3.63) is 71.3 Å². The third-order valence-electron chi connectivity index (χ3n) is 5.65. The van der Waals surface area contributed by atoms with Crippen molar-refractivity contribution in [2.24, 2.45) is 0 Å². The quantitative estimate of drug-likeness (QED) is 0.276. The Balaban J connectivity index is 1.42. The maximum absolute atomic E-state index is 13.5. The summed E-state index contributed by atoms with van der Waals surface area (Å²) in [7, 11) is 4.65. The molecular weight excluding hydrogens is 515 g/mol. The highest BCUT2D eigenvalue weighted by molar-refractivity contribution is 6.31. The van der Waals surface area contributed by atoms with E-state index in [1.807, 2.05) is 18.2 Å². The van der Waals surface area contributed by atoms with E-state index in [0.717, 1.165) is 5.56 Å². The molecule has 0 spiro atoms. The number of hydrogen-bond donors (Lipinski definition) is 2. The molecule has 0 aliphatic rings. The number of carbonyl (C=O) groups excluding carboxylic acids is 1. The van der Waals surface area contributed by atoms with Crippen molar-refractivity contribution in [2.45, 2.75) is 6.42 Å². The largest absolute Gasteiger partial charge is 0.493 e. The summed E-state index contributed by atoms with van der Waals surface area (Å²) in [5, 5.41) is 6.54. The second kappa shape index (κ2) is 12.3. The lowest BCUT2D eigenvalue weighted by Crippen LogP contribution is -2.30. The molecule has 2 N–H and O–H groups in total. The van der Waals surface area contributed by atoms with Gasteiger partial charge in [0.2, 0.25) is 0 Å². The maximum Gasteiger partial charge on any atom is 0.257 e. The van der Waals surface area contributed by atoms with E-state index in [4.69, 9.17) is 30.5 Å². The summed E-state index contributed by atoms with van der Waals surface area (Å²) in [5.41, 5.74) is 2.12. The number of halogens is 2. The van der Waals surface area contributed by atoms with Crippen LogP contribution in [0.1, 0.15) is 5.56 Å². The highest BCUT2D eigenvalue weighted by Gasteiger charge is 2.14. The van der Waals surface area contributed by atoms with Crippen molar-refractivity contribution in [1.29, 1.82) is 0 Å². The van der Waals surface area contributed by atoms with E-state index < -0.39 is 5.82 Å². The first-order valence-electron chi connectivity index (χ1n) is 11.6. The predicted octanol–water partition coefficient (Wildman–Crippen LogP) is 4.93. The van der Waals surface area contributed by atoms with Crippen LogP contribution in [-0.4, -0.2) is 50.4 Å². The lowest BCUT2D eigenvalue weighted by Gasteiger charge is -2.14. The summed E-state index contributed by atoms with van der Waals surface area (Å²) in [6.45, 7) is 0.187. The number of methoxy groups -OCH3 is 3. The van der Waals surface area contributed by atoms with Gasteiger partial charge in [0, 0.05) is 23.7 Å². The fourth-order valence-corrected chi connectivity index (χ4v) is 3.90. The highest BCUT2D eigenvalue weighted by atomic mass is 35.5. The van der Waals surface area contributed by atoms with E-state index in [9.17, 15) is 9.18 Å². The summed E-state index contributed by atoms with van der Waals surface area (Å²) in [6.07, 6.45) is 1.99. The molecule has 0 aliphatic carbocycles. The van der Waals surface area contributed by atoms with Crippen molar-refractivity contribution in [3.8, 4) is 23.0 Å². The van der Waals surface area contributed by atoms with Gasteiger partial charge in [0.15, 0.2) is 29.6 Å². The normalized spacial score (nSPS) is 10.7. The first-order valence-corrected chi connectivity index (χ1v) is 11.9. The van der Waals surface area contributed by atoms with Crippen LogP contribution in [0, 0.1) is 5.82 Å². The molecule has 0 saturated carbocycles. The second-order valence-corrected chi connectivity index (χ2v) is 8.48. The molecule has 4 rings (SSSR count). The van der Waals surface area contributed by atoms with Crippen molar-refractivity contribution in [1.82, 2.24) is 15.3 Å². The first kappa shape index (κ1) is 26.7. The number of hydrogen-bond acceptors (Lipinski definition) is 8. The molecule has 0 fully saturated rings. The second-order valence-electron chi connectivity index (χ2n) is 8.07. The van der Waals surface area contributed by atoms with Gasteiger partial charge in [-0.25, -0.2) is 14.4 Å². The van der Waals surface area contributed by atoms with Crippen LogP contribution in [0.2, 0.25) is 5.02 Å². The number of nitrogens with one attached hydrogen (secondary N) is 2. The Morgan fingerprint density at radius 1 is 0.921 bits per heavy atom. The maximum atomic E-state index is 13.5. The first-order chi connectivity index (χ1) is 18.4. The standard InChI is InChI=1S/C27H26ClFN4O5/c1-35-22-7-4-16(10-23(22)36-2)8-9-30-26(34)14-38-25-12-18-21(13-24(25)37-3)31-15-32-27(18)33-17-5-6-20(29)19(28)11-17/h4-7,10-13,15H,8-9,14H2,1-3H3,(H,30,34)(H,31,32,33). The molecule has 4 aromatic rings. The lowest BCUT2D eigenvalue weighted by atomic mass is 10.1. The van der Waals surface area contributed by atoms with E-state index in [1.165, 1.54) is 25.6 Å². The molecule has 38 heavy (non-hydrogen) atoms. The third kappa shape index (κ3) is 6.33. The van der Waals surface area contributed by atoms with Gasteiger partial charge in [-0.15, -0.1) is 0 Å². The Labute approximate surface area is 223 Å². The van der Waals surface area contributed by atoms with Gasteiger partial charge in [-0.1, -0.05) is 17.7 Å². The van der Waals surface area contributed by atoms with Crippen molar-refractivity contribution in [3.63, 3.8) is 0 Å². The number of aromatic nitrogens is 2. The molecule has 0 radical (unpaired) electrons. The predicted molar refractivity (Wildman–Crippen MR) is 143 cm³/mol. The van der Waals surface area contributed by atoms with E-state index in [0.29, 0.717) is 58.4 Å². The number of carbonyl (C=O) groups is 1. The van der Waals surface area contributed by atoms with Crippen LogP contribution < -0.4 is 29.6 Å². The molecule has 0 bridgehead atoms. The van der Waals surface area contributed by atoms with Crippen molar-refractivity contribution < 1.29 is 28.1 Å². The van der Waals surface area contributed by atoms with Gasteiger partial charge in [0.1, 0.15) is 18.0 Å². The zero-order chi connectivity index (χ0) is 27.1. The molecule has 3 aromatic carbocycles. The fraction of sp³-hybridized carbons (Fsp3) is 0.222. The molecule has 0 atom stereocenters. The van der Waals surface area contributed by atoms with E-state index in [2.05, 4.69) is 20.6 Å². The molecule has 0 unspecified atom stereocenters. The molecule has 1 aromatic heterocycles. The Hall–Kier alpha value is -4.31. The minimum atomic E-state index is -0.521. The topological polar surface area (TPSA) is 104 Å². The van der Waals surface area contributed by atoms with E-state index >= 15 is 0 Å². The molecule has 0 aliphatic heterocycles. The molecule has 1 amide bonds. The van der Waals surface area contributed by atoms with Gasteiger partial charge in [0.25, 0.3) is 5.91 Å². The average molecular weight is 541 g/mol. The third-order valence-corrected chi connectivity index (χ3v) is 5.94. The Morgan fingerprint density at radius 2 is 1.68 bits per heavy atom. The number of rotatable bonds is 11. The molecule has 198 valence electrons. The van der Waals surface area contributed by atoms with Gasteiger partial charge in [-0.3, -0.25) is 4.79 Å². The summed E-state index contributed by atoms with van der Waals surface area (Å²) in [6, 6.07) is 13.2. The molecule has 1 heterocycles. The zero-order valence-electron chi connectivity index (χ0n) is 21.0. The van der Waals surface area contributed by atoms with Gasteiger partial charge in [0.05, 0.1) is 31.9 Å². The summed E-state index contributed by atoms with van der Waals surface area (Å²) in [4.78, 5) is 21.0. The van der Waals surface area contributed by atoms with Crippen molar-refractivity contribution in [2.75, 3.05) is 39.8 Å². The number of anilines is 2. The summed E-state index contributed by atoms with van der Waals surface area (Å²) >= 11 is 5.90. The Kier molecular flexibility index (Phi) is 8.65. The van der Waals surface area contributed by atoms with Crippen molar-refractivity contribution >= 4 is 39.9 Å². The number of amides is 1. The number of fused-ring (bicyclic) bond motifs is 1. The van der Waals surface area contributed by atoms with Crippen LogP contribution in [0.15, 0.2) is 54.9 Å². The van der Waals surface area contributed by atoms with Crippen LogP contribution >= 0.6 is 11.6 Å². The number of nitrogens with zero attached hydrogens (tertiary/aromatic N) is 2.